The molecule has 0 bridgehead atoms. The fraction of sp³-hybridized carbons (Fsp3) is 0.188. The van der Waals surface area contributed by atoms with Gasteiger partial charge in [0.05, 0.1) is 9.95 Å². The minimum absolute atomic E-state index is 0.0698. The Hall–Kier alpha value is -2.31. The van der Waals surface area contributed by atoms with Crippen LogP contribution in [0.2, 0.25) is 10.0 Å². The van der Waals surface area contributed by atoms with Crippen LogP contribution in [-0.2, 0) is 9.53 Å². The third kappa shape index (κ3) is 4.84. The molecule has 0 aliphatic rings. The molecule has 0 saturated carbocycles. The zero-order valence-corrected chi connectivity index (χ0v) is 14.1. The van der Waals surface area contributed by atoms with Crippen LogP contribution in [0.1, 0.15) is 18.6 Å². The first-order valence-electron chi connectivity index (χ1n) is 6.88. The van der Waals surface area contributed by atoms with Crippen molar-refractivity contribution in [2.45, 2.75) is 13.0 Å². The van der Waals surface area contributed by atoms with Crippen molar-refractivity contribution in [3.63, 3.8) is 0 Å². The molecule has 0 saturated heterocycles. The van der Waals surface area contributed by atoms with Crippen LogP contribution in [0.15, 0.2) is 42.5 Å². The molecule has 0 aliphatic heterocycles. The molecule has 0 heterocycles. The van der Waals surface area contributed by atoms with Crippen molar-refractivity contribution in [3.05, 3.63) is 68.2 Å². The molecule has 0 aromatic heterocycles. The van der Waals surface area contributed by atoms with Crippen molar-refractivity contribution in [2.75, 3.05) is 6.61 Å². The summed E-state index contributed by atoms with van der Waals surface area (Å²) < 4.78 is 10.5. The normalized spacial score (nSPS) is 11.6. The lowest BCUT2D eigenvalue weighted by atomic mass is 10.1. The third-order valence-electron chi connectivity index (χ3n) is 3.10. The quantitative estimate of drug-likeness (QED) is 0.422. The minimum Gasteiger partial charge on any atom is -0.480 e. The molecule has 126 valence electrons. The molecule has 2 aromatic rings. The number of non-ortho nitro benzene ring substituents is 1. The van der Waals surface area contributed by atoms with Crippen molar-refractivity contribution in [1.82, 2.24) is 0 Å². The molecule has 2 rings (SSSR count). The van der Waals surface area contributed by atoms with Crippen LogP contribution in [0, 0.1) is 10.1 Å². The molecule has 24 heavy (non-hydrogen) atoms. The lowest BCUT2D eigenvalue weighted by Crippen LogP contribution is -2.17. The van der Waals surface area contributed by atoms with Gasteiger partial charge in [-0.25, -0.2) is 4.79 Å². The molecule has 0 N–H and O–H groups in total. The number of carbonyl (C=O) groups excluding carboxylic acids is 1. The molecule has 0 amide bonds. The average Bonchev–Trinajstić information content (AvgIpc) is 2.54. The second-order valence-corrected chi connectivity index (χ2v) is 5.69. The van der Waals surface area contributed by atoms with E-state index in [-0.39, 0.29) is 17.3 Å². The standard InChI is InChI=1S/C16H13Cl2NO5/c1-10(11-3-2-4-13(7-11)19(21)22)24-16(20)9-23-15-6-5-12(17)8-14(15)18/h2-8,10H,9H2,1H3/t10-/m0/s1. The Labute approximate surface area is 148 Å². The van der Waals surface area contributed by atoms with E-state index in [2.05, 4.69) is 0 Å². The van der Waals surface area contributed by atoms with Gasteiger partial charge >= 0.3 is 5.97 Å². The van der Waals surface area contributed by atoms with Crippen molar-refractivity contribution in [2.24, 2.45) is 0 Å². The molecule has 0 aliphatic carbocycles. The Morgan fingerprint density at radius 1 is 1.25 bits per heavy atom. The summed E-state index contributed by atoms with van der Waals surface area (Å²) in [5, 5.41) is 11.5. The Balaban J connectivity index is 1.94. The molecular formula is C16H13Cl2NO5. The van der Waals surface area contributed by atoms with Gasteiger partial charge in [-0.2, -0.15) is 0 Å². The number of rotatable bonds is 6. The summed E-state index contributed by atoms with van der Waals surface area (Å²) in [5.74, 6) is -0.318. The number of hydrogen-bond acceptors (Lipinski definition) is 5. The number of nitro groups is 1. The molecule has 0 radical (unpaired) electrons. The second kappa shape index (κ2) is 7.99. The van der Waals surface area contributed by atoms with E-state index in [4.69, 9.17) is 32.7 Å². The molecule has 2 aromatic carbocycles. The van der Waals surface area contributed by atoms with Crippen LogP contribution in [0.3, 0.4) is 0 Å². The van der Waals surface area contributed by atoms with Gasteiger partial charge in [0.25, 0.3) is 5.69 Å². The van der Waals surface area contributed by atoms with Gasteiger partial charge in [0.2, 0.25) is 0 Å². The number of nitro benzene ring substituents is 1. The van der Waals surface area contributed by atoms with Gasteiger partial charge in [-0.3, -0.25) is 10.1 Å². The number of hydrogen-bond donors (Lipinski definition) is 0. The first-order chi connectivity index (χ1) is 11.4. The average molecular weight is 370 g/mol. The van der Waals surface area contributed by atoms with E-state index in [9.17, 15) is 14.9 Å². The summed E-state index contributed by atoms with van der Waals surface area (Å²) in [6, 6.07) is 10.5. The predicted octanol–water partition coefficient (Wildman–Crippen LogP) is 4.58. The fourth-order valence-corrected chi connectivity index (χ4v) is 2.38. The number of carbonyl (C=O) groups is 1. The van der Waals surface area contributed by atoms with E-state index < -0.39 is 17.0 Å². The van der Waals surface area contributed by atoms with Gasteiger partial charge in [0.1, 0.15) is 11.9 Å². The summed E-state index contributed by atoms with van der Waals surface area (Å²) in [7, 11) is 0. The van der Waals surface area contributed by atoms with E-state index >= 15 is 0 Å². The maximum absolute atomic E-state index is 11.8. The lowest BCUT2D eigenvalue weighted by Gasteiger charge is -2.14. The number of ether oxygens (including phenoxy) is 2. The molecule has 0 spiro atoms. The highest BCUT2D eigenvalue weighted by atomic mass is 35.5. The Kier molecular flexibility index (Phi) is 6.00. The predicted molar refractivity (Wildman–Crippen MR) is 89.6 cm³/mol. The Morgan fingerprint density at radius 3 is 2.67 bits per heavy atom. The lowest BCUT2D eigenvalue weighted by molar-refractivity contribution is -0.385. The van der Waals surface area contributed by atoms with Gasteiger partial charge in [-0.1, -0.05) is 35.3 Å². The molecule has 1 atom stereocenters. The van der Waals surface area contributed by atoms with Crippen LogP contribution >= 0.6 is 23.2 Å². The number of benzene rings is 2. The van der Waals surface area contributed by atoms with Crippen molar-refractivity contribution < 1.29 is 19.2 Å². The van der Waals surface area contributed by atoms with Gasteiger partial charge in [-0.15, -0.1) is 0 Å². The van der Waals surface area contributed by atoms with Crippen molar-refractivity contribution in [3.8, 4) is 5.75 Å². The van der Waals surface area contributed by atoms with Crippen LogP contribution in [0.5, 0.6) is 5.75 Å². The monoisotopic (exact) mass is 369 g/mol. The van der Waals surface area contributed by atoms with E-state index in [1.807, 2.05) is 0 Å². The Bertz CT molecular complexity index is 766. The fourth-order valence-electron chi connectivity index (χ4n) is 1.92. The molecule has 6 nitrogen and oxygen atoms in total. The van der Waals surface area contributed by atoms with Gasteiger partial charge in [-0.05, 0) is 30.7 Å². The van der Waals surface area contributed by atoms with Gasteiger partial charge in [0, 0.05) is 17.2 Å². The van der Waals surface area contributed by atoms with E-state index in [0.29, 0.717) is 16.3 Å². The highest BCUT2D eigenvalue weighted by Crippen LogP contribution is 2.27. The minimum atomic E-state index is -0.651. The van der Waals surface area contributed by atoms with Crippen LogP contribution < -0.4 is 4.74 Å². The molecule has 0 unspecified atom stereocenters. The summed E-state index contributed by atoms with van der Waals surface area (Å²) in [6.45, 7) is 1.27. The zero-order valence-electron chi connectivity index (χ0n) is 12.6. The summed E-state index contributed by atoms with van der Waals surface area (Å²) in [6.07, 6.45) is -0.651. The highest BCUT2D eigenvalue weighted by molar-refractivity contribution is 6.35. The van der Waals surface area contributed by atoms with Crippen molar-refractivity contribution in [1.29, 1.82) is 0 Å². The first-order valence-corrected chi connectivity index (χ1v) is 7.64. The molecular weight excluding hydrogens is 357 g/mol. The van der Waals surface area contributed by atoms with Gasteiger partial charge < -0.3 is 9.47 Å². The second-order valence-electron chi connectivity index (χ2n) is 4.85. The smallest absolute Gasteiger partial charge is 0.344 e. The van der Waals surface area contributed by atoms with Crippen LogP contribution in [0.25, 0.3) is 0 Å². The third-order valence-corrected chi connectivity index (χ3v) is 3.63. The Morgan fingerprint density at radius 2 is 2.00 bits per heavy atom. The molecule has 0 fully saturated rings. The maximum atomic E-state index is 11.8. The first kappa shape index (κ1) is 18.0. The number of nitrogens with zero attached hydrogens (tertiary/aromatic N) is 1. The SMILES string of the molecule is C[C@H](OC(=O)COc1ccc(Cl)cc1Cl)c1cccc([N+](=O)[O-])c1. The van der Waals surface area contributed by atoms with E-state index in [0.717, 1.165) is 0 Å². The van der Waals surface area contributed by atoms with Gasteiger partial charge in [0.15, 0.2) is 6.61 Å². The summed E-state index contributed by atoms with van der Waals surface area (Å²) in [4.78, 5) is 22.1. The van der Waals surface area contributed by atoms with E-state index in [1.165, 1.54) is 24.3 Å². The maximum Gasteiger partial charge on any atom is 0.344 e. The number of halogens is 2. The van der Waals surface area contributed by atoms with E-state index in [1.54, 1.807) is 25.1 Å². The van der Waals surface area contributed by atoms with Crippen molar-refractivity contribution >= 4 is 34.9 Å². The molecule has 8 heteroatoms. The topological polar surface area (TPSA) is 78.7 Å². The highest BCUT2D eigenvalue weighted by Gasteiger charge is 2.16. The summed E-state index contributed by atoms with van der Waals surface area (Å²) in [5.41, 5.74) is 0.446. The largest absolute Gasteiger partial charge is 0.480 e. The summed E-state index contributed by atoms with van der Waals surface area (Å²) >= 11 is 11.7. The van der Waals surface area contributed by atoms with Crippen LogP contribution in [0.4, 0.5) is 5.69 Å². The van der Waals surface area contributed by atoms with Crippen LogP contribution in [-0.4, -0.2) is 17.5 Å². The number of esters is 1. The zero-order chi connectivity index (χ0) is 17.7.